The molecule has 2 aromatic carbocycles. The van der Waals surface area contributed by atoms with Gasteiger partial charge in [0.15, 0.2) is 0 Å². The average molecular weight is 554 g/mol. The van der Waals surface area contributed by atoms with Crippen LogP contribution in [0.15, 0.2) is 54.6 Å². The van der Waals surface area contributed by atoms with Gasteiger partial charge >= 0.3 is 18.0 Å². The summed E-state index contributed by atoms with van der Waals surface area (Å²) in [5.41, 5.74) is 2.76. The molecule has 0 radical (unpaired) electrons. The van der Waals surface area contributed by atoms with Gasteiger partial charge in [0.1, 0.15) is 24.7 Å². The molecule has 1 aliphatic carbocycles. The Labute approximate surface area is 232 Å². The van der Waals surface area contributed by atoms with Gasteiger partial charge in [-0.1, -0.05) is 68.4 Å². The van der Waals surface area contributed by atoms with Gasteiger partial charge in [-0.15, -0.1) is 0 Å². The molecule has 0 saturated heterocycles. The van der Waals surface area contributed by atoms with Gasteiger partial charge in [-0.3, -0.25) is 14.4 Å². The number of fused-ring (bicyclic) bond motifs is 1. The van der Waals surface area contributed by atoms with Crippen LogP contribution in [-0.2, 0) is 48.1 Å². The van der Waals surface area contributed by atoms with Crippen LogP contribution in [0.3, 0.4) is 0 Å². The Bertz CT molecular complexity index is 1190. The number of rotatable bonds is 12. The quantitative estimate of drug-likeness (QED) is 0.290. The first-order chi connectivity index (χ1) is 19.1. The number of carboxylic acid groups (broad SMARTS) is 1. The summed E-state index contributed by atoms with van der Waals surface area (Å²) in [5.74, 6) is -4.23. The molecule has 214 valence electrons. The van der Waals surface area contributed by atoms with Crippen LogP contribution in [-0.4, -0.2) is 60.2 Å². The molecule has 0 heterocycles. The molecule has 0 spiro atoms. The number of esters is 1. The molecule has 3 amide bonds. The van der Waals surface area contributed by atoms with Gasteiger partial charge in [-0.05, 0) is 41.4 Å². The normalized spacial score (nSPS) is 14.8. The van der Waals surface area contributed by atoms with E-state index in [4.69, 9.17) is 4.74 Å². The lowest BCUT2D eigenvalue weighted by atomic mass is 9.94. The Morgan fingerprint density at radius 2 is 1.48 bits per heavy atom. The monoisotopic (exact) mass is 553 g/mol. The molecule has 40 heavy (non-hydrogen) atoms. The lowest BCUT2D eigenvalue weighted by Crippen LogP contribution is -2.59. The van der Waals surface area contributed by atoms with E-state index in [0.717, 1.165) is 23.8 Å². The molecular weight excluding hydrogens is 518 g/mol. The van der Waals surface area contributed by atoms with Gasteiger partial charge in [0, 0.05) is 0 Å². The van der Waals surface area contributed by atoms with E-state index < -0.39 is 60.3 Å². The molecule has 3 rings (SSSR count). The number of carboxylic acids is 1. The highest BCUT2D eigenvalue weighted by molar-refractivity contribution is 5.94. The maximum atomic E-state index is 13.4. The number of nitrogens with one attached hydrogen (secondary N) is 3. The number of aliphatic carboxylic acids is 1. The van der Waals surface area contributed by atoms with Crippen LogP contribution >= 0.6 is 0 Å². The molecular formula is C29H35N3O8. The standard InChI is InChI=1S/C29H35N3O8/c1-17(2)24(28(36)37)31-27(35)25(21-13-19-11-7-8-12-20(19)14-21)32-26(34)22(15-23(33)39-3)30-29(38)40-16-18-9-5-4-6-10-18/h4-12,17,21-22,24-25H,13-16H2,1-3H3,(H,30,38)(H,31,35)(H,32,34)(H,36,37). The fourth-order valence-corrected chi connectivity index (χ4v) is 4.60. The lowest BCUT2D eigenvalue weighted by molar-refractivity contribution is -0.145. The highest BCUT2D eigenvalue weighted by atomic mass is 16.5. The second-order valence-electron chi connectivity index (χ2n) is 10.0. The first-order valence-corrected chi connectivity index (χ1v) is 13.0. The summed E-state index contributed by atoms with van der Waals surface area (Å²) < 4.78 is 9.88. The molecule has 2 aromatic rings. The minimum absolute atomic E-state index is 0.0591. The molecule has 0 fully saturated rings. The number of carbonyl (C=O) groups excluding carboxylic acids is 4. The van der Waals surface area contributed by atoms with Crippen molar-refractivity contribution in [2.75, 3.05) is 7.11 Å². The molecule has 1 aliphatic rings. The number of methoxy groups -OCH3 is 1. The molecule has 3 atom stereocenters. The molecule has 0 bridgehead atoms. The van der Waals surface area contributed by atoms with Crippen LogP contribution in [0.4, 0.5) is 4.79 Å². The first kappa shape index (κ1) is 30.1. The van der Waals surface area contributed by atoms with Crippen LogP contribution in [0.2, 0.25) is 0 Å². The van der Waals surface area contributed by atoms with E-state index in [2.05, 4.69) is 20.7 Å². The van der Waals surface area contributed by atoms with Gasteiger partial charge in [0.25, 0.3) is 0 Å². The Kier molecular flexibility index (Phi) is 10.6. The summed E-state index contributed by atoms with van der Waals surface area (Å²) in [6.07, 6.45) is -0.497. The van der Waals surface area contributed by atoms with Gasteiger partial charge in [0.2, 0.25) is 11.8 Å². The number of benzene rings is 2. The maximum Gasteiger partial charge on any atom is 0.408 e. The Hall–Kier alpha value is -4.41. The second-order valence-corrected chi connectivity index (χ2v) is 10.0. The molecule has 0 aliphatic heterocycles. The van der Waals surface area contributed by atoms with E-state index in [1.54, 1.807) is 38.1 Å². The number of hydrogen-bond acceptors (Lipinski definition) is 7. The fraction of sp³-hybridized carbons (Fsp3) is 0.414. The van der Waals surface area contributed by atoms with Gasteiger partial charge in [-0.2, -0.15) is 0 Å². The van der Waals surface area contributed by atoms with Crippen molar-refractivity contribution >= 4 is 29.8 Å². The lowest BCUT2D eigenvalue weighted by Gasteiger charge is -2.28. The zero-order chi connectivity index (χ0) is 29.2. The summed E-state index contributed by atoms with van der Waals surface area (Å²) in [5, 5.41) is 17.2. The molecule has 11 nitrogen and oxygen atoms in total. The van der Waals surface area contributed by atoms with Crippen molar-refractivity contribution in [1.29, 1.82) is 0 Å². The third-order valence-electron chi connectivity index (χ3n) is 6.78. The van der Waals surface area contributed by atoms with Gasteiger partial charge in [-0.25, -0.2) is 9.59 Å². The van der Waals surface area contributed by atoms with Crippen molar-refractivity contribution in [2.45, 2.75) is 57.8 Å². The highest BCUT2D eigenvalue weighted by Crippen LogP contribution is 2.29. The predicted octanol–water partition coefficient (Wildman–Crippen LogP) is 1.97. The first-order valence-electron chi connectivity index (χ1n) is 13.0. The van der Waals surface area contributed by atoms with E-state index in [9.17, 15) is 29.1 Å². The number of alkyl carbamates (subject to hydrolysis) is 1. The number of hydrogen-bond donors (Lipinski definition) is 4. The molecule has 4 N–H and O–H groups in total. The molecule has 0 saturated carbocycles. The minimum Gasteiger partial charge on any atom is -0.480 e. The predicted molar refractivity (Wildman–Crippen MR) is 144 cm³/mol. The van der Waals surface area contributed by atoms with E-state index in [-0.39, 0.29) is 12.5 Å². The zero-order valence-electron chi connectivity index (χ0n) is 22.7. The molecule has 0 aromatic heterocycles. The Morgan fingerprint density at radius 1 is 0.875 bits per heavy atom. The summed E-state index contributed by atoms with van der Waals surface area (Å²) in [7, 11) is 1.15. The van der Waals surface area contributed by atoms with E-state index in [1.165, 1.54) is 0 Å². The summed E-state index contributed by atoms with van der Waals surface area (Å²) >= 11 is 0. The van der Waals surface area contributed by atoms with Crippen molar-refractivity contribution in [3.05, 3.63) is 71.3 Å². The number of amides is 3. The second kappa shape index (κ2) is 14.1. The van der Waals surface area contributed by atoms with Crippen molar-refractivity contribution in [2.24, 2.45) is 11.8 Å². The van der Waals surface area contributed by atoms with Crippen molar-refractivity contribution in [3.8, 4) is 0 Å². The van der Waals surface area contributed by atoms with Gasteiger partial charge in [0.05, 0.1) is 13.5 Å². The minimum atomic E-state index is -1.41. The molecule has 3 unspecified atom stereocenters. The van der Waals surface area contributed by atoms with Crippen molar-refractivity contribution in [1.82, 2.24) is 16.0 Å². The van der Waals surface area contributed by atoms with Crippen molar-refractivity contribution in [3.63, 3.8) is 0 Å². The Balaban J connectivity index is 1.78. The number of carbonyl (C=O) groups is 5. The Morgan fingerprint density at radius 3 is 2.02 bits per heavy atom. The summed E-state index contributed by atoms with van der Waals surface area (Å²) in [6, 6.07) is 12.8. The third-order valence-corrected chi connectivity index (χ3v) is 6.78. The maximum absolute atomic E-state index is 13.4. The SMILES string of the molecule is COC(=O)CC(NC(=O)OCc1ccccc1)C(=O)NC(C(=O)NC(C(=O)O)C(C)C)C1Cc2ccccc2C1. The van der Waals surface area contributed by atoms with E-state index >= 15 is 0 Å². The van der Waals surface area contributed by atoms with Crippen LogP contribution in [0.1, 0.15) is 37.0 Å². The van der Waals surface area contributed by atoms with Gasteiger partial charge < -0.3 is 30.5 Å². The van der Waals surface area contributed by atoms with E-state index in [0.29, 0.717) is 12.8 Å². The smallest absolute Gasteiger partial charge is 0.408 e. The number of ether oxygens (including phenoxy) is 2. The largest absolute Gasteiger partial charge is 0.480 e. The third kappa shape index (κ3) is 8.29. The van der Waals surface area contributed by atoms with Crippen LogP contribution in [0, 0.1) is 11.8 Å². The summed E-state index contributed by atoms with van der Waals surface area (Å²) in [4.78, 5) is 63.2. The molecule has 11 heteroatoms. The fourth-order valence-electron chi connectivity index (χ4n) is 4.60. The van der Waals surface area contributed by atoms with Crippen LogP contribution in [0.25, 0.3) is 0 Å². The zero-order valence-corrected chi connectivity index (χ0v) is 22.7. The average Bonchev–Trinajstić information content (AvgIpc) is 3.37. The van der Waals surface area contributed by atoms with E-state index in [1.807, 2.05) is 30.3 Å². The van der Waals surface area contributed by atoms with Crippen LogP contribution in [0.5, 0.6) is 0 Å². The highest BCUT2D eigenvalue weighted by Gasteiger charge is 2.38. The van der Waals surface area contributed by atoms with Crippen molar-refractivity contribution < 1.29 is 38.6 Å². The topological polar surface area (TPSA) is 160 Å². The van der Waals surface area contributed by atoms with Crippen LogP contribution < -0.4 is 16.0 Å². The summed E-state index contributed by atoms with van der Waals surface area (Å²) in [6.45, 7) is 3.27.